The van der Waals surface area contributed by atoms with E-state index in [-0.39, 0.29) is 51.8 Å². The zero-order valence-electron chi connectivity index (χ0n) is 19.7. The molecule has 0 saturated heterocycles. The smallest absolute Gasteiger partial charge is 0.344 e. The molecule has 10 heteroatoms. The Morgan fingerprint density at radius 3 is 2.43 bits per heavy atom. The number of hydrogen-bond acceptors (Lipinski definition) is 8. The van der Waals surface area contributed by atoms with Crippen molar-refractivity contribution in [1.29, 1.82) is 0 Å². The third-order valence-electron chi connectivity index (χ3n) is 6.01. The monoisotopic (exact) mass is 479 g/mol. The second-order valence-corrected chi connectivity index (χ2v) is 8.25. The van der Waals surface area contributed by atoms with Crippen LogP contribution in [0.2, 0.25) is 0 Å². The molecule has 4 aromatic rings. The molecule has 1 unspecified atom stereocenters. The number of hydrogen-bond donors (Lipinski definition) is 3. The zero-order chi connectivity index (χ0) is 25.6. The van der Waals surface area contributed by atoms with Gasteiger partial charge in [-0.1, -0.05) is 17.7 Å². The molecule has 2 aromatic heterocycles. The number of phenols is 1. The van der Waals surface area contributed by atoms with Crippen molar-refractivity contribution in [2.45, 2.75) is 19.8 Å². The first kappa shape index (κ1) is 23.7. The number of ether oxygens (including phenoxy) is 1. The van der Waals surface area contributed by atoms with Gasteiger partial charge in [-0.15, -0.1) is 0 Å². The summed E-state index contributed by atoms with van der Waals surface area (Å²) in [5, 5.41) is 21.8. The van der Waals surface area contributed by atoms with E-state index in [9.17, 15) is 24.6 Å². The van der Waals surface area contributed by atoms with Gasteiger partial charge in [-0.05, 0) is 43.7 Å². The Morgan fingerprint density at radius 1 is 1.03 bits per heavy atom. The highest BCUT2D eigenvalue weighted by Crippen LogP contribution is 2.41. The molecule has 0 amide bonds. The van der Waals surface area contributed by atoms with Gasteiger partial charge in [-0.25, -0.2) is 9.59 Å². The van der Waals surface area contributed by atoms with Gasteiger partial charge in [-0.3, -0.25) is 13.9 Å². The summed E-state index contributed by atoms with van der Waals surface area (Å²) in [6, 6.07) is 9.23. The van der Waals surface area contributed by atoms with Gasteiger partial charge in [0.05, 0.1) is 29.0 Å². The minimum Gasteiger partial charge on any atom is -0.507 e. The van der Waals surface area contributed by atoms with E-state index in [1.807, 2.05) is 6.92 Å². The molecule has 0 aliphatic carbocycles. The van der Waals surface area contributed by atoms with Gasteiger partial charge in [0.2, 0.25) is 0 Å². The topological polar surface area (TPSA) is 150 Å². The highest BCUT2D eigenvalue weighted by molar-refractivity contribution is 5.85. The molecule has 10 nitrogen and oxygen atoms in total. The maximum atomic E-state index is 13.3. The van der Waals surface area contributed by atoms with Crippen molar-refractivity contribution < 1.29 is 19.4 Å². The summed E-state index contributed by atoms with van der Waals surface area (Å²) >= 11 is 0. The number of fused-ring (bicyclic) bond motifs is 1. The standard InChI is InChI=1S/C25H25N3O7/c1-5-34-17-11-13(7-8-15(17)29)18(20-22(26)27(3)25(33)28(4)23(20)31)19-21(30)14-10-12(2)6-9-16(14)35-24(19)32/h6-11,18,29-30H,5,26H2,1-4H3. The Bertz CT molecular complexity index is 1650. The van der Waals surface area contributed by atoms with Crippen molar-refractivity contribution in [2.24, 2.45) is 14.1 Å². The van der Waals surface area contributed by atoms with Crippen LogP contribution in [0.5, 0.6) is 17.2 Å². The van der Waals surface area contributed by atoms with E-state index in [1.165, 1.54) is 32.3 Å². The molecule has 1 atom stereocenters. The van der Waals surface area contributed by atoms with Crippen LogP contribution in [0.4, 0.5) is 5.82 Å². The van der Waals surface area contributed by atoms with E-state index in [1.54, 1.807) is 25.1 Å². The number of nitrogens with two attached hydrogens (primary N) is 1. The van der Waals surface area contributed by atoms with Crippen LogP contribution in [-0.2, 0) is 14.1 Å². The van der Waals surface area contributed by atoms with Gasteiger partial charge in [0.1, 0.15) is 17.2 Å². The summed E-state index contributed by atoms with van der Waals surface area (Å²) < 4.78 is 12.9. The highest BCUT2D eigenvalue weighted by atomic mass is 16.5. The van der Waals surface area contributed by atoms with Crippen LogP contribution in [0.1, 0.15) is 35.1 Å². The number of phenolic OH excluding ortho intramolecular Hbond substituents is 1. The number of nitrogens with zero attached hydrogens (tertiary/aromatic N) is 2. The van der Waals surface area contributed by atoms with Crippen molar-refractivity contribution in [2.75, 3.05) is 12.3 Å². The van der Waals surface area contributed by atoms with Crippen molar-refractivity contribution in [3.63, 3.8) is 0 Å². The first-order valence-corrected chi connectivity index (χ1v) is 10.8. The number of aromatic nitrogens is 2. The lowest BCUT2D eigenvalue weighted by Crippen LogP contribution is -2.41. The number of benzene rings is 2. The SMILES string of the molecule is CCOc1cc(C(c2c(O)c3cc(C)ccc3oc2=O)c2c(N)n(C)c(=O)n(C)c2=O)ccc1O. The second-order valence-electron chi connectivity index (χ2n) is 8.25. The van der Waals surface area contributed by atoms with Crippen LogP contribution in [-0.4, -0.2) is 26.0 Å². The van der Waals surface area contributed by atoms with Crippen molar-refractivity contribution >= 4 is 16.8 Å². The fraction of sp³-hybridized carbons (Fsp3) is 0.240. The Balaban J connectivity index is 2.18. The number of rotatable bonds is 5. The molecular formula is C25H25N3O7. The second kappa shape index (κ2) is 8.71. The number of anilines is 1. The molecule has 0 fully saturated rings. The Kier molecular flexibility index (Phi) is 5.89. The largest absolute Gasteiger partial charge is 0.507 e. The first-order valence-electron chi connectivity index (χ1n) is 10.8. The third-order valence-corrected chi connectivity index (χ3v) is 6.01. The summed E-state index contributed by atoms with van der Waals surface area (Å²) in [4.78, 5) is 39.0. The number of aryl methyl sites for hydroxylation is 1. The molecule has 2 aromatic carbocycles. The van der Waals surface area contributed by atoms with Crippen LogP contribution in [0.3, 0.4) is 0 Å². The number of nitrogen functional groups attached to an aromatic ring is 1. The molecular weight excluding hydrogens is 454 g/mol. The van der Waals surface area contributed by atoms with E-state index in [0.717, 1.165) is 14.7 Å². The van der Waals surface area contributed by atoms with E-state index in [0.29, 0.717) is 5.56 Å². The van der Waals surface area contributed by atoms with Crippen molar-refractivity contribution in [1.82, 2.24) is 9.13 Å². The predicted octanol–water partition coefficient (Wildman–Crippen LogP) is 2.07. The van der Waals surface area contributed by atoms with E-state index < -0.39 is 22.8 Å². The Labute approximate surface area is 199 Å². The van der Waals surface area contributed by atoms with Crippen LogP contribution in [0.15, 0.2) is 55.2 Å². The minimum atomic E-state index is -1.25. The highest BCUT2D eigenvalue weighted by Gasteiger charge is 2.32. The average molecular weight is 479 g/mol. The summed E-state index contributed by atoms with van der Waals surface area (Å²) in [5.41, 5.74) is 4.90. The molecule has 0 aliphatic heterocycles. The van der Waals surface area contributed by atoms with Gasteiger partial charge in [0.25, 0.3) is 5.56 Å². The quantitative estimate of drug-likeness (QED) is 0.368. The van der Waals surface area contributed by atoms with Gasteiger partial charge >= 0.3 is 11.3 Å². The summed E-state index contributed by atoms with van der Waals surface area (Å²) in [6.07, 6.45) is 0. The van der Waals surface area contributed by atoms with Crippen molar-refractivity contribution in [3.05, 3.63) is 89.9 Å². The van der Waals surface area contributed by atoms with Crippen molar-refractivity contribution in [3.8, 4) is 17.2 Å². The molecule has 182 valence electrons. The lowest BCUT2D eigenvalue weighted by molar-refractivity contribution is 0.317. The summed E-state index contributed by atoms with van der Waals surface area (Å²) in [7, 11) is 2.69. The summed E-state index contributed by atoms with van der Waals surface area (Å²) in [5.74, 6) is -1.86. The van der Waals surface area contributed by atoms with Gasteiger partial charge in [-0.2, -0.15) is 0 Å². The lowest BCUT2D eigenvalue weighted by Gasteiger charge is -2.22. The zero-order valence-corrected chi connectivity index (χ0v) is 19.7. The number of aromatic hydroxyl groups is 2. The van der Waals surface area contributed by atoms with E-state index >= 15 is 0 Å². The molecule has 0 bridgehead atoms. The molecule has 4 rings (SSSR count). The van der Waals surface area contributed by atoms with Crippen LogP contribution < -0.4 is 27.3 Å². The Morgan fingerprint density at radius 2 is 1.74 bits per heavy atom. The average Bonchev–Trinajstić information content (AvgIpc) is 2.82. The molecule has 4 N–H and O–H groups in total. The predicted molar refractivity (Wildman–Crippen MR) is 130 cm³/mol. The molecule has 2 heterocycles. The lowest BCUT2D eigenvalue weighted by atomic mass is 9.85. The van der Waals surface area contributed by atoms with Crippen LogP contribution in [0, 0.1) is 6.92 Å². The van der Waals surface area contributed by atoms with Crippen LogP contribution >= 0.6 is 0 Å². The van der Waals surface area contributed by atoms with E-state index in [2.05, 4.69) is 0 Å². The third kappa shape index (κ3) is 3.82. The Hall–Kier alpha value is -4.47. The van der Waals surface area contributed by atoms with Gasteiger partial charge in [0.15, 0.2) is 11.5 Å². The maximum Gasteiger partial charge on any atom is 0.344 e. The van der Waals surface area contributed by atoms with Crippen LogP contribution in [0.25, 0.3) is 11.0 Å². The van der Waals surface area contributed by atoms with Gasteiger partial charge < -0.3 is 25.1 Å². The molecule has 35 heavy (non-hydrogen) atoms. The molecule has 0 aliphatic rings. The first-order chi connectivity index (χ1) is 16.6. The fourth-order valence-corrected chi connectivity index (χ4v) is 4.19. The van der Waals surface area contributed by atoms with E-state index in [4.69, 9.17) is 14.9 Å². The molecule has 0 saturated carbocycles. The van der Waals surface area contributed by atoms with Gasteiger partial charge in [0, 0.05) is 14.1 Å². The molecule has 0 spiro atoms. The normalized spacial score (nSPS) is 12.1. The molecule has 0 radical (unpaired) electrons. The maximum absolute atomic E-state index is 13.3. The fourth-order valence-electron chi connectivity index (χ4n) is 4.19. The summed E-state index contributed by atoms with van der Waals surface area (Å²) in [6.45, 7) is 3.79. The minimum absolute atomic E-state index is 0.107.